The quantitative estimate of drug-likeness (QED) is 0.853. The van der Waals surface area contributed by atoms with Crippen molar-refractivity contribution in [3.05, 3.63) is 36.1 Å². The highest BCUT2D eigenvalue weighted by Crippen LogP contribution is 2.23. The molecule has 0 aliphatic carbocycles. The predicted molar refractivity (Wildman–Crippen MR) is 82.5 cm³/mol. The van der Waals surface area contributed by atoms with Crippen molar-refractivity contribution < 1.29 is 19.1 Å². The molecule has 118 valence electrons. The van der Waals surface area contributed by atoms with Gasteiger partial charge in [0.1, 0.15) is 11.3 Å². The van der Waals surface area contributed by atoms with E-state index in [0.717, 1.165) is 11.0 Å². The van der Waals surface area contributed by atoms with Gasteiger partial charge in [-0.25, -0.2) is 0 Å². The third kappa shape index (κ3) is 3.65. The smallest absolute Gasteiger partial charge is 0.317 e. The van der Waals surface area contributed by atoms with Crippen molar-refractivity contribution in [2.24, 2.45) is 0 Å². The number of rotatable bonds is 6. The highest BCUT2D eigenvalue weighted by molar-refractivity contribution is 5.83. The van der Waals surface area contributed by atoms with E-state index in [-0.39, 0.29) is 18.5 Å². The van der Waals surface area contributed by atoms with Crippen LogP contribution in [0, 0.1) is 0 Å². The Morgan fingerprint density at radius 1 is 1.32 bits per heavy atom. The van der Waals surface area contributed by atoms with Gasteiger partial charge in [-0.3, -0.25) is 14.5 Å². The Labute approximate surface area is 128 Å². The van der Waals surface area contributed by atoms with Crippen molar-refractivity contribution in [3.63, 3.8) is 0 Å². The van der Waals surface area contributed by atoms with E-state index in [9.17, 15) is 9.59 Å². The summed E-state index contributed by atoms with van der Waals surface area (Å²) in [5, 5.41) is 12.6. The summed E-state index contributed by atoms with van der Waals surface area (Å²) in [4.78, 5) is 24.3. The van der Waals surface area contributed by atoms with Crippen LogP contribution >= 0.6 is 0 Å². The molecule has 6 heteroatoms. The van der Waals surface area contributed by atoms with E-state index in [1.807, 2.05) is 37.3 Å². The van der Waals surface area contributed by atoms with Gasteiger partial charge >= 0.3 is 5.97 Å². The van der Waals surface area contributed by atoms with Crippen molar-refractivity contribution in [1.29, 1.82) is 0 Å². The van der Waals surface area contributed by atoms with Gasteiger partial charge in [0, 0.05) is 5.39 Å². The van der Waals surface area contributed by atoms with Crippen LogP contribution in [-0.4, -0.2) is 41.5 Å². The molecule has 0 saturated heterocycles. The second-order valence-electron chi connectivity index (χ2n) is 5.40. The van der Waals surface area contributed by atoms with Crippen LogP contribution in [0.1, 0.15) is 25.6 Å². The summed E-state index contributed by atoms with van der Waals surface area (Å²) in [7, 11) is 1.60. The molecule has 1 amide bonds. The summed E-state index contributed by atoms with van der Waals surface area (Å²) in [6, 6.07) is 8.70. The number of carbonyl (C=O) groups excluding carboxylic acids is 1. The maximum Gasteiger partial charge on any atom is 0.317 e. The molecule has 2 aromatic rings. The van der Waals surface area contributed by atoms with Crippen molar-refractivity contribution in [2.45, 2.75) is 25.9 Å². The van der Waals surface area contributed by atoms with Crippen LogP contribution in [-0.2, 0) is 9.59 Å². The van der Waals surface area contributed by atoms with E-state index >= 15 is 0 Å². The number of benzene rings is 1. The van der Waals surface area contributed by atoms with E-state index in [0.29, 0.717) is 5.76 Å². The van der Waals surface area contributed by atoms with Gasteiger partial charge in [-0.1, -0.05) is 18.2 Å². The Bertz CT molecular complexity index is 647. The minimum Gasteiger partial charge on any atom is -0.480 e. The minimum absolute atomic E-state index is 0.187. The number of nitrogens with one attached hydrogen (secondary N) is 1. The van der Waals surface area contributed by atoms with E-state index in [1.165, 1.54) is 4.90 Å². The second kappa shape index (κ2) is 6.62. The molecular formula is C16H20N2O4. The molecule has 2 unspecified atom stereocenters. The van der Waals surface area contributed by atoms with Crippen LogP contribution in [0.3, 0.4) is 0 Å². The van der Waals surface area contributed by atoms with E-state index < -0.39 is 12.0 Å². The number of aliphatic carboxylic acids is 1. The molecule has 2 N–H and O–H groups in total. The standard InChI is InChI=1S/C16H20N2O4/c1-10(14-8-12-6-4-5-7-13(12)22-14)17-16(21)11(2)18(3)9-15(19)20/h4-8,10-11H,9H2,1-3H3,(H,17,21)(H,19,20). The molecule has 6 nitrogen and oxygen atoms in total. The molecule has 1 heterocycles. The summed E-state index contributed by atoms with van der Waals surface area (Å²) < 4.78 is 5.71. The number of carboxylic acid groups (broad SMARTS) is 1. The molecule has 0 bridgehead atoms. The summed E-state index contributed by atoms with van der Waals surface area (Å²) >= 11 is 0. The summed E-state index contributed by atoms with van der Waals surface area (Å²) in [6.45, 7) is 3.32. The monoisotopic (exact) mass is 304 g/mol. The van der Waals surface area contributed by atoms with E-state index in [1.54, 1.807) is 14.0 Å². The first-order valence-electron chi connectivity index (χ1n) is 7.09. The number of furan rings is 1. The molecule has 0 spiro atoms. The van der Waals surface area contributed by atoms with Gasteiger partial charge in [0.2, 0.25) is 5.91 Å². The van der Waals surface area contributed by atoms with Crippen LogP contribution in [0.4, 0.5) is 0 Å². The second-order valence-corrected chi connectivity index (χ2v) is 5.40. The first-order valence-corrected chi connectivity index (χ1v) is 7.09. The number of para-hydroxylation sites is 1. The lowest BCUT2D eigenvalue weighted by Crippen LogP contribution is -2.45. The van der Waals surface area contributed by atoms with Crippen molar-refractivity contribution in [1.82, 2.24) is 10.2 Å². The number of hydrogen-bond acceptors (Lipinski definition) is 4. The number of nitrogens with zero attached hydrogens (tertiary/aromatic N) is 1. The third-order valence-electron chi connectivity index (χ3n) is 3.66. The Balaban J connectivity index is 2.02. The van der Waals surface area contributed by atoms with Crippen LogP contribution in [0.15, 0.2) is 34.7 Å². The lowest BCUT2D eigenvalue weighted by molar-refractivity contribution is -0.139. The molecule has 0 radical (unpaired) electrons. The molecular weight excluding hydrogens is 284 g/mol. The minimum atomic E-state index is -0.965. The zero-order chi connectivity index (χ0) is 16.3. The Morgan fingerprint density at radius 2 is 2.00 bits per heavy atom. The Hall–Kier alpha value is -2.34. The maximum atomic E-state index is 12.2. The lowest BCUT2D eigenvalue weighted by Gasteiger charge is -2.23. The van der Waals surface area contributed by atoms with Crippen LogP contribution in [0.2, 0.25) is 0 Å². The number of carboxylic acids is 1. The van der Waals surface area contributed by atoms with Crippen molar-refractivity contribution in [3.8, 4) is 0 Å². The van der Waals surface area contributed by atoms with Gasteiger partial charge in [-0.15, -0.1) is 0 Å². The van der Waals surface area contributed by atoms with Gasteiger partial charge < -0.3 is 14.8 Å². The first kappa shape index (κ1) is 16.0. The van der Waals surface area contributed by atoms with Crippen LogP contribution < -0.4 is 5.32 Å². The topological polar surface area (TPSA) is 82.8 Å². The molecule has 1 aromatic carbocycles. The number of hydrogen-bond donors (Lipinski definition) is 2. The largest absolute Gasteiger partial charge is 0.480 e. The van der Waals surface area contributed by atoms with Gasteiger partial charge in [0.25, 0.3) is 0 Å². The Morgan fingerprint density at radius 3 is 2.64 bits per heavy atom. The molecule has 0 aliphatic heterocycles. The van der Waals surface area contributed by atoms with Crippen molar-refractivity contribution in [2.75, 3.05) is 13.6 Å². The summed E-state index contributed by atoms with van der Waals surface area (Å²) in [6.07, 6.45) is 0. The predicted octanol–water partition coefficient (Wildman–Crippen LogP) is 2.01. The molecule has 1 aromatic heterocycles. The zero-order valence-corrected chi connectivity index (χ0v) is 12.9. The highest BCUT2D eigenvalue weighted by atomic mass is 16.4. The Kier molecular flexibility index (Phi) is 4.82. The fraction of sp³-hybridized carbons (Fsp3) is 0.375. The van der Waals surface area contributed by atoms with Crippen LogP contribution in [0.25, 0.3) is 11.0 Å². The van der Waals surface area contributed by atoms with Gasteiger partial charge in [-0.2, -0.15) is 0 Å². The van der Waals surface area contributed by atoms with E-state index in [4.69, 9.17) is 9.52 Å². The molecule has 0 aliphatic rings. The average Bonchev–Trinajstić information content (AvgIpc) is 2.89. The van der Waals surface area contributed by atoms with E-state index in [2.05, 4.69) is 5.32 Å². The number of likely N-dealkylation sites (N-methyl/N-ethyl adjacent to an activating group) is 1. The first-order chi connectivity index (χ1) is 10.4. The maximum absolute atomic E-state index is 12.2. The van der Waals surface area contributed by atoms with Gasteiger partial charge in [-0.05, 0) is 33.0 Å². The average molecular weight is 304 g/mol. The number of fused-ring (bicyclic) bond motifs is 1. The molecule has 22 heavy (non-hydrogen) atoms. The normalized spacial score (nSPS) is 14.0. The molecule has 2 atom stereocenters. The molecule has 0 saturated carbocycles. The fourth-order valence-electron chi connectivity index (χ4n) is 2.17. The highest BCUT2D eigenvalue weighted by Gasteiger charge is 2.22. The van der Waals surface area contributed by atoms with Crippen molar-refractivity contribution >= 4 is 22.8 Å². The number of amides is 1. The van der Waals surface area contributed by atoms with Gasteiger partial charge in [0.05, 0.1) is 18.6 Å². The lowest BCUT2D eigenvalue weighted by atomic mass is 10.2. The summed E-state index contributed by atoms with van der Waals surface area (Å²) in [5.41, 5.74) is 0.773. The molecule has 0 fully saturated rings. The molecule has 2 rings (SSSR count). The summed E-state index contributed by atoms with van der Waals surface area (Å²) in [5.74, 6) is -0.535. The number of carbonyl (C=O) groups is 2. The SMILES string of the molecule is CC(NC(=O)C(C)N(C)CC(=O)O)c1cc2ccccc2o1. The van der Waals surface area contributed by atoms with Crippen LogP contribution in [0.5, 0.6) is 0 Å². The fourth-order valence-corrected chi connectivity index (χ4v) is 2.17. The zero-order valence-electron chi connectivity index (χ0n) is 12.9. The van der Waals surface area contributed by atoms with Gasteiger partial charge in [0.15, 0.2) is 0 Å². The third-order valence-corrected chi connectivity index (χ3v) is 3.66.